The molecule has 0 saturated carbocycles. The van der Waals surface area contributed by atoms with Gasteiger partial charge in [-0.15, -0.1) is 0 Å². The van der Waals surface area contributed by atoms with Crippen LogP contribution in [0.25, 0.3) is 0 Å². The van der Waals surface area contributed by atoms with Crippen LogP contribution in [-0.4, -0.2) is 76.8 Å². The van der Waals surface area contributed by atoms with Crippen LogP contribution in [0.2, 0.25) is 0 Å². The molecule has 3 heterocycles. The van der Waals surface area contributed by atoms with Crippen LogP contribution in [0, 0.1) is 11.8 Å². The normalized spacial score (nSPS) is 25.6. The standard InChI is InChI=1S/C18H29N3O3S/c1-14-3-2-7-21(13-14)17(23)15-4-8-19(9-5-15)16(22)6-10-20-11-12-25-18(20)24/h14-15H,2-13H2,1H3. The number of thioether (sulfide) groups is 1. The van der Waals surface area contributed by atoms with Crippen LogP contribution in [-0.2, 0) is 9.59 Å². The SMILES string of the molecule is CC1CCCN(C(=O)C2CCN(C(=O)CCN3CCSC3=O)CC2)C1. The molecule has 3 aliphatic rings. The number of carbonyl (C=O) groups excluding carboxylic acids is 3. The van der Waals surface area contributed by atoms with Gasteiger partial charge in [-0.25, -0.2) is 0 Å². The van der Waals surface area contributed by atoms with E-state index in [1.807, 2.05) is 9.80 Å². The highest BCUT2D eigenvalue weighted by Crippen LogP contribution is 2.24. The predicted octanol–water partition coefficient (Wildman–Crippen LogP) is 2.04. The minimum Gasteiger partial charge on any atom is -0.343 e. The molecule has 3 rings (SSSR count). The molecule has 140 valence electrons. The van der Waals surface area contributed by atoms with Crippen LogP contribution in [0.1, 0.15) is 39.0 Å². The number of rotatable bonds is 4. The predicted molar refractivity (Wildman–Crippen MR) is 98.3 cm³/mol. The molecule has 0 aromatic carbocycles. The van der Waals surface area contributed by atoms with Crippen molar-refractivity contribution in [1.82, 2.24) is 14.7 Å². The monoisotopic (exact) mass is 367 g/mol. The molecular weight excluding hydrogens is 338 g/mol. The first-order valence-electron chi connectivity index (χ1n) is 9.53. The summed E-state index contributed by atoms with van der Waals surface area (Å²) in [5, 5.41) is 0.0906. The van der Waals surface area contributed by atoms with Crippen LogP contribution in [0.5, 0.6) is 0 Å². The fourth-order valence-electron chi connectivity index (χ4n) is 4.04. The van der Waals surface area contributed by atoms with Crippen molar-refractivity contribution < 1.29 is 14.4 Å². The van der Waals surface area contributed by atoms with Crippen molar-refractivity contribution in [2.45, 2.75) is 39.0 Å². The summed E-state index contributed by atoms with van der Waals surface area (Å²) in [7, 11) is 0. The fourth-order valence-corrected chi connectivity index (χ4v) is 4.89. The quantitative estimate of drug-likeness (QED) is 0.763. The second-order valence-electron chi connectivity index (χ2n) is 7.54. The van der Waals surface area contributed by atoms with Crippen molar-refractivity contribution in [2.75, 3.05) is 45.0 Å². The van der Waals surface area contributed by atoms with Crippen molar-refractivity contribution in [3.63, 3.8) is 0 Å². The van der Waals surface area contributed by atoms with Crippen molar-refractivity contribution >= 4 is 28.8 Å². The van der Waals surface area contributed by atoms with E-state index in [0.717, 1.165) is 44.6 Å². The Morgan fingerprint density at radius 3 is 2.48 bits per heavy atom. The smallest absolute Gasteiger partial charge is 0.281 e. The van der Waals surface area contributed by atoms with Gasteiger partial charge in [0.15, 0.2) is 0 Å². The summed E-state index contributed by atoms with van der Waals surface area (Å²) in [6.45, 7) is 6.61. The largest absolute Gasteiger partial charge is 0.343 e. The van der Waals surface area contributed by atoms with E-state index in [1.54, 1.807) is 4.90 Å². The molecule has 3 saturated heterocycles. The third-order valence-electron chi connectivity index (χ3n) is 5.61. The Morgan fingerprint density at radius 1 is 1.08 bits per heavy atom. The fraction of sp³-hybridized carbons (Fsp3) is 0.833. The van der Waals surface area contributed by atoms with Crippen LogP contribution >= 0.6 is 11.8 Å². The first-order valence-corrected chi connectivity index (χ1v) is 10.5. The Morgan fingerprint density at radius 2 is 1.84 bits per heavy atom. The van der Waals surface area contributed by atoms with Crippen molar-refractivity contribution in [3.8, 4) is 0 Å². The maximum atomic E-state index is 12.7. The number of hydrogen-bond donors (Lipinski definition) is 0. The molecule has 6 nitrogen and oxygen atoms in total. The molecule has 3 amide bonds. The molecular formula is C18H29N3O3S. The molecule has 7 heteroatoms. The van der Waals surface area contributed by atoms with Crippen LogP contribution < -0.4 is 0 Å². The highest BCUT2D eigenvalue weighted by atomic mass is 32.2. The summed E-state index contributed by atoms with van der Waals surface area (Å²) in [6.07, 6.45) is 4.27. The molecule has 0 aliphatic carbocycles. The minimum absolute atomic E-state index is 0.0749. The Balaban J connectivity index is 1.41. The molecule has 0 bridgehead atoms. The van der Waals surface area contributed by atoms with E-state index in [1.165, 1.54) is 18.2 Å². The van der Waals surface area contributed by atoms with Gasteiger partial charge in [0.05, 0.1) is 0 Å². The zero-order valence-electron chi connectivity index (χ0n) is 15.1. The van der Waals surface area contributed by atoms with Crippen molar-refractivity contribution in [2.24, 2.45) is 11.8 Å². The lowest BCUT2D eigenvalue weighted by Crippen LogP contribution is -2.47. The van der Waals surface area contributed by atoms with Gasteiger partial charge in [0.1, 0.15) is 0 Å². The summed E-state index contributed by atoms with van der Waals surface area (Å²) in [5.41, 5.74) is 0. The van der Waals surface area contributed by atoms with Gasteiger partial charge in [0.25, 0.3) is 5.24 Å². The minimum atomic E-state index is 0.0749. The van der Waals surface area contributed by atoms with Gasteiger partial charge in [-0.05, 0) is 31.6 Å². The lowest BCUT2D eigenvalue weighted by atomic mass is 9.92. The number of likely N-dealkylation sites (tertiary alicyclic amines) is 2. The third-order valence-corrected chi connectivity index (χ3v) is 6.50. The van der Waals surface area contributed by atoms with Gasteiger partial charge in [0, 0.05) is 57.4 Å². The van der Waals surface area contributed by atoms with Gasteiger partial charge < -0.3 is 14.7 Å². The first kappa shape index (κ1) is 18.5. The summed E-state index contributed by atoms with van der Waals surface area (Å²) >= 11 is 1.33. The van der Waals surface area contributed by atoms with E-state index >= 15 is 0 Å². The summed E-state index contributed by atoms with van der Waals surface area (Å²) in [6, 6.07) is 0. The van der Waals surface area contributed by atoms with E-state index in [0.29, 0.717) is 37.9 Å². The summed E-state index contributed by atoms with van der Waals surface area (Å²) in [5.74, 6) is 1.91. The molecule has 1 unspecified atom stereocenters. The van der Waals surface area contributed by atoms with E-state index in [-0.39, 0.29) is 17.1 Å². The maximum Gasteiger partial charge on any atom is 0.281 e. The van der Waals surface area contributed by atoms with E-state index in [4.69, 9.17) is 0 Å². The molecule has 0 radical (unpaired) electrons. The van der Waals surface area contributed by atoms with Crippen LogP contribution in [0.3, 0.4) is 0 Å². The van der Waals surface area contributed by atoms with Gasteiger partial charge in [-0.3, -0.25) is 14.4 Å². The van der Waals surface area contributed by atoms with E-state index in [9.17, 15) is 14.4 Å². The number of amides is 3. The zero-order valence-corrected chi connectivity index (χ0v) is 15.9. The Bertz CT molecular complexity index is 520. The second-order valence-corrected chi connectivity index (χ2v) is 8.58. The number of nitrogens with zero attached hydrogens (tertiary/aromatic N) is 3. The highest BCUT2D eigenvalue weighted by molar-refractivity contribution is 8.13. The van der Waals surface area contributed by atoms with E-state index in [2.05, 4.69) is 6.92 Å². The molecule has 0 aromatic heterocycles. The Labute approximate surface area is 154 Å². The molecule has 0 aromatic rings. The molecule has 3 fully saturated rings. The highest BCUT2D eigenvalue weighted by Gasteiger charge is 2.32. The maximum absolute atomic E-state index is 12.7. The number of piperidine rings is 2. The summed E-state index contributed by atoms with van der Waals surface area (Å²) < 4.78 is 0. The third kappa shape index (κ3) is 4.68. The van der Waals surface area contributed by atoms with E-state index < -0.39 is 0 Å². The van der Waals surface area contributed by atoms with Crippen molar-refractivity contribution in [1.29, 1.82) is 0 Å². The lowest BCUT2D eigenvalue weighted by Gasteiger charge is -2.37. The number of hydrogen-bond acceptors (Lipinski definition) is 4. The average molecular weight is 368 g/mol. The topological polar surface area (TPSA) is 60.9 Å². The zero-order chi connectivity index (χ0) is 17.8. The van der Waals surface area contributed by atoms with Gasteiger partial charge in [0.2, 0.25) is 11.8 Å². The Kier molecular flexibility index (Phi) is 6.25. The molecule has 0 N–H and O–H groups in total. The van der Waals surface area contributed by atoms with Gasteiger partial charge >= 0.3 is 0 Å². The first-order chi connectivity index (χ1) is 12.0. The van der Waals surface area contributed by atoms with Crippen LogP contribution in [0.15, 0.2) is 0 Å². The molecule has 25 heavy (non-hydrogen) atoms. The lowest BCUT2D eigenvalue weighted by molar-refractivity contribution is -0.142. The molecule has 0 spiro atoms. The van der Waals surface area contributed by atoms with Gasteiger partial charge in [-0.1, -0.05) is 18.7 Å². The molecule has 1 atom stereocenters. The van der Waals surface area contributed by atoms with Gasteiger partial charge in [-0.2, -0.15) is 0 Å². The second kappa shape index (κ2) is 8.43. The molecule has 3 aliphatic heterocycles. The Hall–Kier alpha value is -1.24. The van der Waals surface area contributed by atoms with Crippen molar-refractivity contribution in [3.05, 3.63) is 0 Å². The average Bonchev–Trinajstić information content (AvgIpc) is 3.04. The van der Waals surface area contributed by atoms with Crippen LogP contribution in [0.4, 0.5) is 4.79 Å². The summed E-state index contributed by atoms with van der Waals surface area (Å²) in [4.78, 5) is 42.3. The number of carbonyl (C=O) groups is 3.